The fourth-order valence-electron chi connectivity index (χ4n) is 2.90. The van der Waals surface area contributed by atoms with Gasteiger partial charge in [0.25, 0.3) is 0 Å². The van der Waals surface area contributed by atoms with Crippen LogP contribution in [0.3, 0.4) is 0 Å². The van der Waals surface area contributed by atoms with Gasteiger partial charge in [0.1, 0.15) is 16.8 Å². The highest BCUT2D eigenvalue weighted by Gasteiger charge is 2.55. The highest BCUT2D eigenvalue weighted by Crippen LogP contribution is 2.42. The molecule has 0 aliphatic carbocycles. The van der Waals surface area contributed by atoms with E-state index in [9.17, 15) is 14.7 Å². The summed E-state index contributed by atoms with van der Waals surface area (Å²) in [5.74, 6) is -0.286. The van der Waals surface area contributed by atoms with E-state index < -0.39 is 11.4 Å². The average Bonchev–Trinajstić information content (AvgIpc) is 2.47. The van der Waals surface area contributed by atoms with Crippen LogP contribution >= 0.6 is 11.8 Å². The monoisotopic (exact) mass is 312 g/mol. The lowest BCUT2D eigenvalue weighted by Crippen LogP contribution is -2.73. The Kier molecular flexibility index (Phi) is 5.32. The Morgan fingerprint density at radius 2 is 2.33 bits per heavy atom. The Balaban J connectivity index is 1.93. The number of fused-ring (bicyclic) bond motifs is 1. The van der Waals surface area contributed by atoms with Crippen molar-refractivity contribution in [2.45, 2.75) is 44.5 Å². The lowest BCUT2D eigenvalue weighted by molar-refractivity contribution is -0.154. The maximum atomic E-state index is 12.2. The van der Waals surface area contributed by atoms with Crippen LogP contribution in [-0.2, 0) is 9.59 Å². The SMILES string of the molecule is CC=CC1(C(=O)O)CS[C@@H]2C(NCCCCC)C(=O)N2C1. The Labute approximate surface area is 130 Å². The smallest absolute Gasteiger partial charge is 0.316 e. The predicted molar refractivity (Wildman–Crippen MR) is 84.2 cm³/mol. The number of nitrogens with one attached hydrogen (secondary N) is 1. The lowest BCUT2D eigenvalue weighted by Gasteiger charge is -2.53. The molecule has 2 saturated heterocycles. The number of hydrogen-bond donors (Lipinski definition) is 2. The number of hydrogen-bond acceptors (Lipinski definition) is 4. The maximum absolute atomic E-state index is 12.2. The fraction of sp³-hybridized carbons (Fsp3) is 0.733. The van der Waals surface area contributed by atoms with Crippen molar-refractivity contribution in [3.05, 3.63) is 12.2 Å². The number of carboxylic acid groups (broad SMARTS) is 1. The molecule has 2 heterocycles. The van der Waals surface area contributed by atoms with E-state index in [1.807, 2.05) is 6.92 Å². The van der Waals surface area contributed by atoms with Gasteiger partial charge in [0.15, 0.2) is 0 Å². The number of nitrogens with zero attached hydrogens (tertiary/aromatic N) is 1. The van der Waals surface area contributed by atoms with Crippen LogP contribution in [0.2, 0.25) is 0 Å². The molecule has 0 aromatic heterocycles. The van der Waals surface area contributed by atoms with Gasteiger partial charge in [-0.2, -0.15) is 0 Å². The summed E-state index contributed by atoms with van der Waals surface area (Å²) in [6.45, 7) is 5.11. The highest BCUT2D eigenvalue weighted by atomic mass is 32.2. The normalized spacial score (nSPS) is 32.1. The first kappa shape index (κ1) is 16.4. The van der Waals surface area contributed by atoms with Gasteiger partial charge in [0.2, 0.25) is 5.91 Å². The molecule has 1 amide bonds. The molecule has 2 rings (SSSR count). The lowest BCUT2D eigenvalue weighted by atomic mass is 9.87. The molecule has 5 nitrogen and oxygen atoms in total. The third-order valence-electron chi connectivity index (χ3n) is 4.16. The van der Waals surface area contributed by atoms with E-state index in [4.69, 9.17) is 0 Å². The molecule has 21 heavy (non-hydrogen) atoms. The highest BCUT2D eigenvalue weighted by molar-refractivity contribution is 8.00. The number of rotatable bonds is 7. The van der Waals surface area contributed by atoms with Crippen LogP contribution in [0.15, 0.2) is 12.2 Å². The molecule has 0 aromatic rings. The fourth-order valence-corrected chi connectivity index (χ4v) is 4.45. The Bertz CT molecular complexity index is 441. The van der Waals surface area contributed by atoms with Crippen molar-refractivity contribution in [2.75, 3.05) is 18.8 Å². The summed E-state index contributed by atoms with van der Waals surface area (Å²) in [6, 6.07) is -0.135. The molecule has 0 saturated carbocycles. The summed E-state index contributed by atoms with van der Waals surface area (Å²) < 4.78 is 0. The van der Waals surface area contributed by atoms with Crippen LogP contribution in [0.5, 0.6) is 0 Å². The first-order valence-electron chi connectivity index (χ1n) is 7.58. The quantitative estimate of drug-likeness (QED) is 0.425. The number of allylic oxidation sites excluding steroid dienone is 1. The molecule has 0 spiro atoms. The molecule has 6 heteroatoms. The molecule has 0 aromatic carbocycles. The van der Waals surface area contributed by atoms with E-state index in [0.717, 1.165) is 19.4 Å². The topological polar surface area (TPSA) is 69.6 Å². The van der Waals surface area contributed by atoms with Crippen molar-refractivity contribution in [3.8, 4) is 0 Å². The minimum absolute atomic E-state index is 0.0406. The van der Waals surface area contributed by atoms with Gasteiger partial charge in [-0.05, 0) is 19.9 Å². The number of amides is 1. The zero-order valence-corrected chi connectivity index (χ0v) is 13.5. The second kappa shape index (κ2) is 6.83. The molecule has 2 unspecified atom stereocenters. The van der Waals surface area contributed by atoms with Crippen molar-refractivity contribution >= 4 is 23.6 Å². The van der Waals surface area contributed by atoms with Gasteiger partial charge in [-0.15, -0.1) is 11.8 Å². The van der Waals surface area contributed by atoms with Gasteiger partial charge < -0.3 is 15.3 Å². The van der Waals surface area contributed by atoms with Crippen LogP contribution in [-0.4, -0.2) is 52.1 Å². The molecule has 2 N–H and O–H groups in total. The molecular formula is C15H24N2O3S. The number of carbonyl (C=O) groups excluding carboxylic acids is 1. The van der Waals surface area contributed by atoms with E-state index in [2.05, 4.69) is 12.2 Å². The van der Waals surface area contributed by atoms with Gasteiger partial charge in [-0.1, -0.05) is 31.9 Å². The van der Waals surface area contributed by atoms with E-state index in [1.165, 1.54) is 6.42 Å². The summed E-state index contributed by atoms with van der Waals surface area (Å²) in [4.78, 5) is 25.5. The molecule has 0 radical (unpaired) electrons. The van der Waals surface area contributed by atoms with Crippen molar-refractivity contribution in [2.24, 2.45) is 5.41 Å². The van der Waals surface area contributed by atoms with E-state index >= 15 is 0 Å². The van der Waals surface area contributed by atoms with Crippen LogP contribution < -0.4 is 5.32 Å². The van der Waals surface area contributed by atoms with Gasteiger partial charge in [0, 0.05) is 12.3 Å². The molecule has 2 aliphatic rings. The molecular weight excluding hydrogens is 288 g/mol. The molecule has 3 atom stereocenters. The zero-order valence-electron chi connectivity index (χ0n) is 12.7. The number of unbranched alkanes of at least 4 members (excludes halogenated alkanes) is 2. The van der Waals surface area contributed by atoms with Gasteiger partial charge in [0.05, 0.1) is 0 Å². The molecule has 2 aliphatic heterocycles. The largest absolute Gasteiger partial charge is 0.481 e. The van der Waals surface area contributed by atoms with Crippen LogP contribution in [0.1, 0.15) is 33.1 Å². The number of carboxylic acids is 1. The third kappa shape index (κ3) is 3.11. The van der Waals surface area contributed by atoms with Crippen molar-refractivity contribution in [1.29, 1.82) is 0 Å². The van der Waals surface area contributed by atoms with Crippen LogP contribution in [0.4, 0.5) is 0 Å². The van der Waals surface area contributed by atoms with E-state index in [0.29, 0.717) is 5.75 Å². The standard InChI is InChI=1S/C15H24N2O3S/c1-3-5-6-8-16-11-12(18)17-9-15(7-4-2,14(19)20)10-21-13(11)17/h4,7,11,13,16H,3,5-6,8-10H2,1-2H3,(H,19,20)/t11?,13-,15?/m1/s1. The van der Waals surface area contributed by atoms with Gasteiger partial charge >= 0.3 is 5.97 Å². The van der Waals surface area contributed by atoms with E-state index in [-0.39, 0.29) is 23.9 Å². The second-order valence-electron chi connectivity index (χ2n) is 5.77. The maximum Gasteiger partial charge on any atom is 0.316 e. The first-order valence-corrected chi connectivity index (χ1v) is 8.63. The molecule has 0 bridgehead atoms. The van der Waals surface area contributed by atoms with Gasteiger partial charge in [-0.3, -0.25) is 9.59 Å². The van der Waals surface area contributed by atoms with Crippen LogP contribution in [0, 0.1) is 5.41 Å². The summed E-state index contributed by atoms with van der Waals surface area (Å²) >= 11 is 1.57. The average molecular weight is 312 g/mol. The number of thioether (sulfide) groups is 1. The summed E-state index contributed by atoms with van der Waals surface area (Å²) in [5.41, 5.74) is -0.932. The number of carbonyl (C=O) groups is 2. The third-order valence-corrected chi connectivity index (χ3v) is 5.71. The number of aliphatic carboxylic acids is 1. The second-order valence-corrected chi connectivity index (χ2v) is 6.87. The Morgan fingerprint density at radius 3 is 2.95 bits per heavy atom. The molecule has 118 valence electrons. The van der Waals surface area contributed by atoms with E-state index in [1.54, 1.807) is 28.8 Å². The minimum atomic E-state index is -0.932. The predicted octanol–water partition coefficient (Wildman–Crippen LogP) is 1.70. The Hall–Kier alpha value is -1.01. The van der Waals surface area contributed by atoms with Crippen LogP contribution in [0.25, 0.3) is 0 Å². The first-order chi connectivity index (χ1) is 10.1. The summed E-state index contributed by atoms with van der Waals surface area (Å²) in [6.07, 6.45) is 6.89. The van der Waals surface area contributed by atoms with Crippen molar-refractivity contribution in [3.63, 3.8) is 0 Å². The Morgan fingerprint density at radius 1 is 1.57 bits per heavy atom. The zero-order chi connectivity index (χ0) is 15.5. The summed E-state index contributed by atoms with van der Waals surface area (Å²) in [5, 5.41) is 12.9. The number of β-lactam (4-membered cyclic amide) rings is 1. The summed E-state index contributed by atoms with van der Waals surface area (Å²) in [7, 11) is 0. The van der Waals surface area contributed by atoms with Gasteiger partial charge in [-0.25, -0.2) is 0 Å². The molecule has 2 fully saturated rings. The van der Waals surface area contributed by atoms with Crippen molar-refractivity contribution < 1.29 is 14.7 Å². The minimum Gasteiger partial charge on any atom is -0.481 e. The van der Waals surface area contributed by atoms with Crippen molar-refractivity contribution in [1.82, 2.24) is 10.2 Å².